The first-order valence-electron chi connectivity index (χ1n) is 10.9. The first-order valence-corrected chi connectivity index (χ1v) is 10.9. The Morgan fingerprint density at radius 1 is 1.31 bits per heavy atom. The number of carbonyl (C=O) groups excluding carboxylic acids is 4. The molecule has 180 valence electrons. The molecule has 2 aliphatic carbocycles. The van der Waals surface area contributed by atoms with E-state index in [9.17, 15) is 24.3 Å². The number of nitrogens with zero attached hydrogens (tertiary/aromatic N) is 1. The molecule has 3 fully saturated rings. The highest BCUT2D eigenvalue weighted by Gasteiger charge is 2.76. The first-order chi connectivity index (χ1) is 15.0. The number of ether oxygens (including phenoxy) is 3. The Bertz CT molecular complexity index is 813. The molecule has 2 amide bonds. The molecular formula is C22H34N2O8. The van der Waals surface area contributed by atoms with Crippen LogP contribution in [0.5, 0.6) is 0 Å². The van der Waals surface area contributed by atoms with Crippen molar-refractivity contribution in [2.24, 2.45) is 17.8 Å². The van der Waals surface area contributed by atoms with Crippen LogP contribution in [0.1, 0.15) is 48.4 Å². The van der Waals surface area contributed by atoms with Gasteiger partial charge in [0, 0.05) is 26.2 Å². The zero-order valence-corrected chi connectivity index (χ0v) is 19.0. The topological polar surface area (TPSA) is 131 Å². The van der Waals surface area contributed by atoms with Gasteiger partial charge in [0.25, 0.3) is 0 Å². The van der Waals surface area contributed by atoms with E-state index in [0.29, 0.717) is 19.4 Å². The van der Waals surface area contributed by atoms with Crippen LogP contribution in [0.25, 0.3) is 0 Å². The van der Waals surface area contributed by atoms with Crippen molar-refractivity contribution in [1.82, 2.24) is 10.2 Å². The fraction of sp³-hybridized carbons (Fsp3) is 0.727. The lowest BCUT2D eigenvalue weighted by Crippen LogP contribution is -2.61. The molecule has 10 heteroatoms. The van der Waals surface area contributed by atoms with Crippen molar-refractivity contribution >= 4 is 23.9 Å². The summed E-state index contributed by atoms with van der Waals surface area (Å²) in [6.45, 7) is 10.6. The Balaban J connectivity index is 0.00000385. The normalized spacial score (nSPS) is 33.2. The van der Waals surface area contributed by atoms with E-state index in [1.807, 2.05) is 0 Å². The van der Waals surface area contributed by atoms with Gasteiger partial charge in [-0.1, -0.05) is 6.58 Å². The summed E-state index contributed by atoms with van der Waals surface area (Å²) < 4.78 is 15.5. The molecule has 2 saturated carbocycles. The summed E-state index contributed by atoms with van der Waals surface area (Å²) in [7, 11) is 0. The van der Waals surface area contributed by atoms with Crippen LogP contribution in [-0.2, 0) is 28.6 Å². The number of carbonyl (C=O) groups is 4. The predicted octanol–water partition coefficient (Wildman–Crippen LogP) is 1.36. The van der Waals surface area contributed by atoms with Crippen molar-refractivity contribution in [1.29, 1.82) is 0 Å². The Morgan fingerprint density at radius 2 is 2.00 bits per heavy atom. The molecule has 0 unspecified atom stereocenters. The summed E-state index contributed by atoms with van der Waals surface area (Å²) in [5.41, 5.74) is -2.30. The molecule has 1 aliphatic heterocycles. The smallest absolute Gasteiger partial charge is 0.410 e. The zero-order chi connectivity index (χ0) is 23.8. The average molecular weight is 455 g/mol. The van der Waals surface area contributed by atoms with Crippen LogP contribution < -0.4 is 5.32 Å². The van der Waals surface area contributed by atoms with E-state index in [1.54, 1.807) is 27.7 Å². The van der Waals surface area contributed by atoms with Crippen LogP contribution in [0.2, 0.25) is 0 Å². The molecule has 0 aromatic heterocycles. The second kappa shape index (κ2) is 8.73. The van der Waals surface area contributed by atoms with Gasteiger partial charge in [-0.15, -0.1) is 0 Å². The number of nitrogens with one attached hydrogen (secondary N) is 1. The van der Waals surface area contributed by atoms with E-state index in [4.69, 9.17) is 14.2 Å². The maximum Gasteiger partial charge on any atom is 0.410 e. The third-order valence-electron chi connectivity index (χ3n) is 6.26. The van der Waals surface area contributed by atoms with Gasteiger partial charge in [0.1, 0.15) is 17.2 Å². The highest BCUT2D eigenvalue weighted by molar-refractivity contribution is 5.95. The molecule has 6 atom stereocenters. The predicted molar refractivity (Wildman–Crippen MR) is 113 cm³/mol. The SMILES string of the molecule is C=COC(=O)[C@H]1[C@H]2[C@@H]1[C@@](NC(=O)[C@@H]1CCCN1C(=O)OC(C)(C)C)(C(=O)OCC)C[C@@H]2O.[HH]. The van der Waals surface area contributed by atoms with E-state index < -0.39 is 65.0 Å². The van der Waals surface area contributed by atoms with E-state index in [0.717, 1.165) is 6.26 Å². The average Bonchev–Trinajstić information content (AvgIpc) is 3.11. The van der Waals surface area contributed by atoms with Gasteiger partial charge in [-0.3, -0.25) is 14.5 Å². The van der Waals surface area contributed by atoms with Gasteiger partial charge in [-0.25, -0.2) is 9.59 Å². The number of amides is 2. The van der Waals surface area contributed by atoms with Crippen molar-refractivity contribution in [2.75, 3.05) is 13.2 Å². The Hall–Kier alpha value is -2.62. The van der Waals surface area contributed by atoms with Crippen LogP contribution in [0.15, 0.2) is 12.8 Å². The molecule has 0 bridgehead atoms. The van der Waals surface area contributed by atoms with Crippen LogP contribution in [0.4, 0.5) is 4.79 Å². The maximum atomic E-state index is 13.3. The largest absolute Gasteiger partial charge is 0.464 e. The van der Waals surface area contributed by atoms with Crippen LogP contribution in [0, 0.1) is 17.8 Å². The molecule has 0 aromatic carbocycles. The number of hydrogen-bond donors (Lipinski definition) is 2. The Labute approximate surface area is 188 Å². The monoisotopic (exact) mass is 454 g/mol. The number of aliphatic hydroxyl groups is 1. The number of likely N-dealkylation sites (tertiary alicyclic amines) is 1. The van der Waals surface area contributed by atoms with Crippen LogP contribution in [0.3, 0.4) is 0 Å². The van der Waals surface area contributed by atoms with Crippen molar-refractivity contribution in [3.63, 3.8) is 0 Å². The van der Waals surface area contributed by atoms with E-state index in [-0.39, 0.29) is 14.5 Å². The summed E-state index contributed by atoms with van der Waals surface area (Å²) in [6.07, 6.45) is 0.324. The number of esters is 2. The molecule has 2 N–H and O–H groups in total. The minimum Gasteiger partial charge on any atom is -0.464 e. The van der Waals surface area contributed by atoms with Gasteiger partial charge < -0.3 is 24.6 Å². The second-order valence-corrected chi connectivity index (χ2v) is 9.52. The number of hydrogen-bond acceptors (Lipinski definition) is 8. The molecule has 1 heterocycles. The molecule has 3 rings (SSSR count). The number of rotatable bonds is 6. The Morgan fingerprint density at radius 3 is 2.59 bits per heavy atom. The van der Waals surface area contributed by atoms with Gasteiger partial charge in [0.05, 0.1) is 24.9 Å². The van der Waals surface area contributed by atoms with Crippen molar-refractivity contribution in [3.8, 4) is 0 Å². The molecule has 0 spiro atoms. The third-order valence-corrected chi connectivity index (χ3v) is 6.26. The van der Waals surface area contributed by atoms with Gasteiger partial charge in [0.15, 0.2) is 0 Å². The Kier molecular flexibility index (Phi) is 6.55. The lowest BCUT2D eigenvalue weighted by Gasteiger charge is -2.34. The van der Waals surface area contributed by atoms with Gasteiger partial charge in [-0.05, 0) is 40.5 Å². The molecule has 0 aromatic rings. The fourth-order valence-corrected chi connectivity index (χ4v) is 5.06. The second-order valence-electron chi connectivity index (χ2n) is 9.52. The van der Waals surface area contributed by atoms with Crippen LogP contribution >= 0.6 is 0 Å². The van der Waals surface area contributed by atoms with Crippen molar-refractivity contribution in [3.05, 3.63) is 12.8 Å². The fourth-order valence-electron chi connectivity index (χ4n) is 5.06. The summed E-state index contributed by atoms with van der Waals surface area (Å²) in [5, 5.41) is 13.3. The number of aliphatic hydroxyl groups excluding tert-OH is 1. The van der Waals surface area contributed by atoms with Gasteiger partial charge >= 0.3 is 18.0 Å². The minimum atomic E-state index is -1.58. The molecular weight excluding hydrogens is 420 g/mol. The van der Waals surface area contributed by atoms with E-state index in [1.165, 1.54) is 4.90 Å². The van der Waals surface area contributed by atoms with E-state index in [2.05, 4.69) is 11.9 Å². The van der Waals surface area contributed by atoms with Crippen molar-refractivity contribution < 1.29 is 39.9 Å². The van der Waals surface area contributed by atoms with Gasteiger partial charge in [-0.2, -0.15) is 0 Å². The van der Waals surface area contributed by atoms with Crippen molar-refractivity contribution in [2.45, 2.75) is 70.2 Å². The lowest BCUT2D eigenvalue weighted by atomic mass is 9.88. The zero-order valence-electron chi connectivity index (χ0n) is 19.0. The maximum absolute atomic E-state index is 13.3. The summed E-state index contributed by atoms with van der Waals surface area (Å²) in [6, 6.07) is -0.829. The first kappa shape index (κ1) is 24.0. The minimum absolute atomic E-state index is 0. The highest BCUT2D eigenvalue weighted by atomic mass is 16.6. The standard InChI is InChI=1S/C22H32N2O8.H2/c1-6-30-18(27)15-14-13(25)11-22(16(14)15,19(28)31-7-2)23-17(26)12-9-8-10-24(12)20(29)32-21(3,4)5;/h6,12-16,25H,1,7-11H2,2-5H3,(H,23,26);1H/t12-,13-,14-,15-,16-,22+;/m0./s1. The van der Waals surface area contributed by atoms with E-state index >= 15 is 0 Å². The molecule has 1 saturated heterocycles. The highest BCUT2D eigenvalue weighted by Crippen LogP contribution is 2.63. The quantitative estimate of drug-likeness (QED) is 0.349. The number of fused-ring (bicyclic) bond motifs is 1. The third kappa shape index (κ3) is 4.32. The molecule has 32 heavy (non-hydrogen) atoms. The lowest BCUT2D eigenvalue weighted by molar-refractivity contribution is -0.156. The molecule has 3 aliphatic rings. The molecule has 0 radical (unpaired) electrons. The molecule has 10 nitrogen and oxygen atoms in total. The summed E-state index contributed by atoms with van der Waals surface area (Å²) in [4.78, 5) is 52.5. The van der Waals surface area contributed by atoms with Gasteiger partial charge in [0.2, 0.25) is 5.91 Å². The van der Waals surface area contributed by atoms with Crippen LogP contribution in [-0.4, -0.2) is 70.4 Å². The summed E-state index contributed by atoms with van der Waals surface area (Å²) >= 11 is 0. The summed E-state index contributed by atoms with van der Waals surface area (Å²) in [5.74, 6) is -3.82.